The maximum atomic E-state index is 13.3. The highest BCUT2D eigenvalue weighted by Gasteiger charge is 2.29. The third-order valence-corrected chi connectivity index (χ3v) is 5.37. The number of amides is 2. The predicted octanol–water partition coefficient (Wildman–Crippen LogP) is 4.27. The normalized spacial score (nSPS) is 12.7. The van der Waals surface area contributed by atoms with E-state index in [0.717, 1.165) is 28.9 Å². The van der Waals surface area contributed by atoms with E-state index in [0.29, 0.717) is 13.0 Å². The van der Waals surface area contributed by atoms with Gasteiger partial charge in [-0.1, -0.05) is 55.8 Å². The first-order valence-electron chi connectivity index (χ1n) is 10.7. The number of nitrogens with one attached hydrogen (secondary N) is 1. The lowest BCUT2D eigenvalue weighted by Crippen LogP contribution is -2.51. The molecule has 30 heavy (non-hydrogen) atoms. The van der Waals surface area contributed by atoms with E-state index in [2.05, 4.69) is 5.32 Å². The predicted molar refractivity (Wildman–Crippen MR) is 120 cm³/mol. The molecule has 2 atom stereocenters. The van der Waals surface area contributed by atoms with Gasteiger partial charge in [0.05, 0.1) is 13.5 Å². The number of hydrogen-bond acceptors (Lipinski definition) is 3. The molecule has 2 aromatic carbocycles. The highest BCUT2D eigenvalue weighted by molar-refractivity contribution is 5.88. The summed E-state index contributed by atoms with van der Waals surface area (Å²) in [5, 5.41) is 3.04. The number of methoxy groups -OCH3 is 1. The minimum absolute atomic E-state index is 0.0548. The first-order chi connectivity index (χ1) is 14.4. The average molecular weight is 411 g/mol. The molecule has 162 valence electrons. The van der Waals surface area contributed by atoms with Gasteiger partial charge in [-0.15, -0.1) is 0 Å². The van der Waals surface area contributed by atoms with E-state index < -0.39 is 6.04 Å². The van der Waals surface area contributed by atoms with Crippen molar-refractivity contribution in [2.75, 3.05) is 7.11 Å². The Bertz CT molecular complexity index is 815. The van der Waals surface area contributed by atoms with Crippen LogP contribution in [0.2, 0.25) is 0 Å². The van der Waals surface area contributed by atoms with Crippen LogP contribution in [0, 0.1) is 6.92 Å². The summed E-state index contributed by atoms with van der Waals surface area (Å²) in [4.78, 5) is 28.0. The molecule has 0 aromatic heterocycles. The zero-order valence-electron chi connectivity index (χ0n) is 18.8. The molecule has 5 nitrogen and oxygen atoms in total. The number of carbonyl (C=O) groups excluding carboxylic acids is 2. The standard InChI is InChI=1S/C25H34N2O3/c1-6-19(4)26-25(29)23(7-2)27(17-21-12-14-22(30-5)15-13-21)24(28)16-20-10-8-18(3)9-11-20/h8-15,19,23H,6-7,16-17H2,1-5H3,(H,26,29)/t19-,23+/m0/s1. The minimum Gasteiger partial charge on any atom is -0.497 e. The van der Waals surface area contributed by atoms with Crippen molar-refractivity contribution in [3.05, 3.63) is 65.2 Å². The summed E-state index contributed by atoms with van der Waals surface area (Å²) in [5.74, 6) is 0.608. The van der Waals surface area contributed by atoms with Crippen LogP contribution in [0.1, 0.15) is 50.3 Å². The summed E-state index contributed by atoms with van der Waals surface area (Å²) in [6, 6.07) is 15.1. The van der Waals surface area contributed by atoms with Gasteiger partial charge in [-0.25, -0.2) is 0 Å². The van der Waals surface area contributed by atoms with Crippen LogP contribution in [0.4, 0.5) is 0 Å². The van der Waals surface area contributed by atoms with Gasteiger partial charge < -0.3 is 15.0 Å². The Labute approximate surface area is 180 Å². The van der Waals surface area contributed by atoms with Gasteiger partial charge in [0, 0.05) is 12.6 Å². The Morgan fingerprint density at radius 3 is 2.10 bits per heavy atom. The van der Waals surface area contributed by atoms with Crippen molar-refractivity contribution in [2.24, 2.45) is 0 Å². The Hall–Kier alpha value is -2.82. The summed E-state index contributed by atoms with van der Waals surface area (Å²) in [6.45, 7) is 8.35. The summed E-state index contributed by atoms with van der Waals surface area (Å²) in [5.41, 5.74) is 3.06. The van der Waals surface area contributed by atoms with E-state index in [9.17, 15) is 9.59 Å². The van der Waals surface area contributed by atoms with Gasteiger partial charge in [0.15, 0.2) is 0 Å². The number of ether oxygens (including phenoxy) is 1. The van der Waals surface area contributed by atoms with Crippen LogP contribution >= 0.6 is 0 Å². The Morgan fingerprint density at radius 1 is 0.967 bits per heavy atom. The topological polar surface area (TPSA) is 58.6 Å². The summed E-state index contributed by atoms with van der Waals surface area (Å²) < 4.78 is 5.23. The van der Waals surface area contributed by atoms with Crippen LogP contribution in [0.25, 0.3) is 0 Å². The summed E-state index contributed by atoms with van der Waals surface area (Å²) >= 11 is 0. The first kappa shape index (κ1) is 23.5. The monoisotopic (exact) mass is 410 g/mol. The van der Waals surface area contributed by atoms with E-state index in [4.69, 9.17) is 4.74 Å². The van der Waals surface area contributed by atoms with Crippen LogP contribution in [0.5, 0.6) is 5.75 Å². The molecule has 0 heterocycles. The fraction of sp³-hybridized carbons (Fsp3) is 0.440. The molecule has 2 amide bonds. The third-order valence-electron chi connectivity index (χ3n) is 5.37. The molecule has 2 aromatic rings. The van der Waals surface area contributed by atoms with Crippen molar-refractivity contribution in [1.82, 2.24) is 10.2 Å². The molecule has 5 heteroatoms. The lowest BCUT2D eigenvalue weighted by molar-refractivity contribution is -0.141. The number of nitrogens with zero attached hydrogens (tertiary/aromatic N) is 1. The molecule has 0 saturated carbocycles. The van der Waals surface area contributed by atoms with Crippen LogP contribution in [0.3, 0.4) is 0 Å². The van der Waals surface area contributed by atoms with Crippen LogP contribution in [-0.2, 0) is 22.6 Å². The fourth-order valence-corrected chi connectivity index (χ4v) is 3.27. The molecule has 0 bridgehead atoms. The molecular weight excluding hydrogens is 376 g/mol. The number of aryl methyl sites for hydroxylation is 1. The molecule has 0 aliphatic rings. The SMILES string of the molecule is CC[C@H](C(=O)N[C@@H](C)CC)N(Cc1ccc(OC)cc1)C(=O)Cc1ccc(C)cc1. The fourth-order valence-electron chi connectivity index (χ4n) is 3.27. The molecular formula is C25H34N2O3. The van der Waals surface area contributed by atoms with E-state index >= 15 is 0 Å². The molecule has 0 radical (unpaired) electrons. The zero-order chi connectivity index (χ0) is 22.1. The number of carbonyl (C=O) groups is 2. The van der Waals surface area contributed by atoms with Crippen molar-refractivity contribution < 1.29 is 14.3 Å². The molecule has 0 unspecified atom stereocenters. The lowest BCUT2D eigenvalue weighted by Gasteiger charge is -2.31. The Kier molecular flexibility index (Phi) is 8.90. The lowest BCUT2D eigenvalue weighted by atomic mass is 10.1. The molecule has 0 aliphatic carbocycles. The molecule has 0 fully saturated rings. The second-order valence-electron chi connectivity index (χ2n) is 7.77. The number of benzene rings is 2. The maximum absolute atomic E-state index is 13.3. The van der Waals surface area contributed by atoms with Gasteiger partial charge in [-0.3, -0.25) is 9.59 Å². The Balaban J connectivity index is 2.27. The second kappa shape index (κ2) is 11.4. The van der Waals surface area contributed by atoms with E-state index in [1.165, 1.54) is 0 Å². The quantitative estimate of drug-likeness (QED) is 0.636. The molecule has 0 aliphatic heterocycles. The molecule has 0 spiro atoms. The second-order valence-corrected chi connectivity index (χ2v) is 7.77. The third kappa shape index (κ3) is 6.61. The number of rotatable bonds is 10. The smallest absolute Gasteiger partial charge is 0.243 e. The van der Waals surface area contributed by atoms with Gasteiger partial charge in [-0.2, -0.15) is 0 Å². The largest absolute Gasteiger partial charge is 0.497 e. The number of hydrogen-bond donors (Lipinski definition) is 1. The maximum Gasteiger partial charge on any atom is 0.243 e. The summed E-state index contributed by atoms with van der Waals surface area (Å²) in [7, 11) is 1.62. The van der Waals surface area contributed by atoms with Crippen molar-refractivity contribution in [3.63, 3.8) is 0 Å². The van der Waals surface area contributed by atoms with Gasteiger partial charge >= 0.3 is 0 Å². The van der Waals surface area contributed by atoms with Gasteiger partial charge in [-0.05, 0) is 49.9 Å². The van der Waals surface area contributed by atoms with Crippen molar-refractivity contribution in [3.8, 4) is 5.75 Å². The molecule has 2 rings (SSSR count). The highest BCUT2D eigenvalue weighted by atomic mass is 16.5. The van der Waals surface area contributed by atoms with Crippen molar-refractivity contribution in [2.45, 2.75) is 65.6 Å². The highest BCUT2D eigenvalue weighted by Crippen LogP contribution is 2.18. The average Bonchev–Trinajstić information content (AvgIpc) is 2.75. The van der Waals surface area contributed by atoms with Crippen LogP contribution in [0.15, 0.2) is 48.5 Å². The molecule has 0 saturated heterocycles. The van der Waals surface area contributed by atoms with E-state index in [1.807, 2.05) is 76.2 Å². The molecule has 1 N–H and O–H groups in total. The van der Waals surface area contributed by atoms with Gasteiger partial charge in [0.1, 0.15) is 11.8 Å². The summed E-state index contributed by atoms with van der Waals surface area (Å²) in [6.07, 6.45) is 1.67. The zero-order valence-corrected chi connectivity index (χ0v) is 18.8. The van der Waals surface area contributed by atoms with Gasteiger partial charge in [0.2, 0.25) is 11.8 Å². The first-order valence-corrected chi connectivity index (χ1v) is 10.7. The van der Waals surface area contributed by atoms with E-state index in [1.54, 1.807) is 12.0 Å². The van der Waals surface area contributed by atoms with E-state index in [-0.39, 0.29) is 24.3 Å². The van der Waals surface area contributed by atoms with Gasteiger partial charge in [0.25, 0.3) is 0 Å². The minimum atomic E-state index is -0.515. The van der Waals surface area contributed by atoms with Crippen molar-refractivity contribution in [1.29, 1.82) is 0 Å². The Morgan fingerprint density at radius 2 is 1.57 bits per heavy atom. The van der Waals surface area contributed by atoms with Crippen LogP contribution < -0.4 is 10.1 Å². The van der Waals surface area contributed by atoms with Crippen LogP contribution in [-0.4, -0.2) is 35.9 Å². The van der Waals surface area contributed by atoms with Crippen molar-refractivity contribution >= 4 is 11.8 Å².